The van der Waals surface area contributed by atoms with E-state index in [9.17, 15) is 28.5 Å². The van der Waals surface area contributed by atoms with Gasteiger partial charge in [0, 0.05) is 71.9 Å². The van der Waals surface area contributed by atoms with Crippen molar-refractivity contribution < 1.29 is 56.5 Å². The van der Waals surface area contributed by atoms with E-state index >= 15 is 0 Å². The second kappa shape index (κ2) is 18.6. The van der Waals surface area contributed by atoms with Crippen LogP contribution in [0.2, 0.25) is 0 Å². The number of hydrogen-bond donors (Lipinski definition) is 1. The number of anilines is 1. The Balaban J connectivity index is 1.65. The SMILES string of the molecule is CCOC(=O)N1CCN(C(=O)C(CP(=O)(OCOC(C)=O)OCOC(C)=O)NC(=O)c2cc(N3CCC(OC)C3)nc(-c3ccccc3)n2)CC1. The topological polar surface area (TPSA) is 205 Å². The van der Waals surface area contributed by atoms with Gasteiger partial charge < -0.3 is 39.0 Å². The first-order valence-electron chi connectivity index (χ1n) is 16.3. The standard InChI is InChI=1S/C32H43N6O12P/c1-5-46-32(43)37-15-13-36(14-16-37)31(42)27(19-51(44,49-20-47-22(2)39)50-21-48-23(3)40)34-30(41)26-17-28(38-12-11-25(18-38)45-4)35-29(33-26)24-9-7-6-8-10-24/h6-10,17,25,27H,5,11-16,18-21H2,1-4H3,(H,34,41). The van der Waals surface area contributed by atoms with E-state index in [1.54, 1.807) is 26.2 Å². The Bertz CT molecular complexity index is 1570. The molecule has 2 aliphatic rings. The van der Waals surface area contributed by atoms with Crippen LogP contribution < -0.4 is 10.2 Å². The third-order valence-electron chi connectivity index (χ3n) is 7.93. The number of nitrogens with one attached hydrogen (secondary N) is 1. The zero-order valence-corrected chi connectivity index (χ0v) is 29.9. The molecule has 0 spiro atoms. The van der Waals surface area contributed by atoms with Crippen molar-refractivity contribution in [3.63, 3.8) is 0 Å². The van der Waals surface area contributed by atoms with Crippen molar-refractivity contribution in [2.24, 2.45) is 0 Å². The van der Waals surface area contributed by atoms with Gasteiger partial charge in [0.05, 0.1) is 18.9 Å². The molecule has 1 N–H and O–H groups in total. The molecule has 0 bridgehead atoms. The fourth-order valence-electron chi connectivity index (χ4n) is 5.27. The number of amides is 3. The first kappa shape index (κ1) is 39.2. The van der Waals surface area contributed by atoms with E-state index in [1.807, 2.05) is 23.1 Å². The van der Waals surface area contributed by atoms with Crippen LogP contribution in [0.1, 0.15) is 37.7 Å². The highest BCUT2D eigenvalue weighted by molar-refractivity contribution is 7.54. The van der Waals surface area contributed by atoms with Crippen LogP contribution in [-0.4, -0.2) is 134 Å². The summed E-state index contributed by atoms with van der Waals surface area (Å²) in [6, 6.07) is 8.98. The Labute approximate surface area is 295 Å². The van der Waals surface area contributed by atoms with E-state index in [-0.39, 0.29) is 50.4 Å². The first-order valence-corrected chi connectivity index (χ1v) is 18.0. The minimum atomic E-state index is -4.43. The average Bonchev–Trinajstić information content (AvgIpc) is 3.61. The monoisotopic (exact) mass is 734 g/mol. The Morgan fingerprint density at radius 2 is 1.53 bits per heavy atom. The third kappa shape index (κ3) is 11.4. The number of esters is 2. The van der Waals surface area contributed by atoms with E-state index in [2.05, 4.69) is 10.3 Å². The second-order valence-corrected chi connectivity index (χ2v) is 13.6. The minimum absolute atomic E-state index is 0.0307. The van der Waals surface area contributed by atoms with Gasteiger partial charge in [-0.1, -0.05) is 30.3 Å². The molecule has 19 heteroatoms. The molecule has 18 nitrogen and oxygen atoms in total. The van der Waals surface area contributed by atoms with Crippen LogP contribution in [0, 0.1) is 0 Å². The molecule has 3 amide bonds. The zero-order chi connectivity index (χ0) is 37.0. The number of aromatic nitrogens is 2. The Morgan fingerprint density at radius 3 is 2.10 bits per heavy atom. The molecular formula is C32H43N6O12P. The summed E-state index contributed by atoms with van der Waals surface area (Å²) in [5.41, 5.74) is 0.561. The smallest absolute Gasteiger partial charge is 0.409 e. The molecule has 2 aliphatic heterocycles. The summed E-state index contributed by atoms with van der Waals surface area (Å²) in [5.74, 6) is -2.23. The third-order valence-corrected chi connectivity index (χ3v) is 9.74. The van der Waals surface area contributed by atoms with Gasteiger partial charge in [0.25, 0.3) is 5.91 Å². The average molecular weight is 735 g/mol. The maximum atomic E-state index is 14.1. The number of benzene rings is 1. The highest BCUT2D eigenvalue weighted by Gasteiger charge is 2.39. The van der Waals surface area contributed by atoms with Crippen molar-refractivity contribution in [3.05, 3.63) is 42.1 Å². The summed E-state index contributed by atoms with van der Waals surface area (Å²) >= 11 is 0. The molecule has 2 aromatic rings. The van der Waals surface area contributed by atoms with Crippen LogP contribution in [0.4, 0.5) is 10.6 Å². The van der Waals surface area contributed by atoms with Crippen LogP contribution >= 0.6 is 7.60 Å². The number of nitrogens with zero attached hydrogens (tertiary/aromatic N) is 5. The summed E-state index contributed by atoms with van der Waals surface area (Å²) in [5, 5.41) is 2.64. The molecule has 2 fully saturated rings. The largest absolute Gasteiger partial charge is 0.450 e. The molecule has 2 saturated heterocycles. The number of ether oxygens (including phenoxy) is 4. The molecule has 1 aromatic carbocycles. The molecular weight excluding hydrogens is 691 g/mol. The van der Waals surface area contributed by atoms with Gasteiger partial charge in [-0.2, -0.15) is 0 Å². The predicted molar refractivity (Wildman–Crippen MR) is 179 cm³/mol. The van der Waals surface area contributed by atoms with E-state index in [4.69, 9.17) is 33.0 Å². The van der Waals surface area contributed by atoms with Crippen LogP contribution in [0.25, 0.3) is 11.4 Å². The number of carbonyl (C=O) groups is 5. The second-order valence-electron chi connectivity index (χ2n) is 11.5. The zero-order valence-electron chi connectivity index (χ0n) is 29.0. The van der Waals surface area contributed by atoms with Crippen LogP contribution in [-0.2, 0) is 46.9 Å². The summed E-state index contributed by atoms with van der Waals surface area (Å²) in [4.78, 5) is 77.2. The Morgan fingerprint density at radius 1 is 0.902 bits per heavy atom. The highest BCUT2D eigenvalue weighted by atomic mass is 31.2. The maximum Gasteiger partial charge on any atom is 0.409 e. The van der Waals surface area contributed by atoms with Crippen molar-refractivity contribution in [2.75, 3.05) is 77.6 Å². The predicted octanol–water partition coefficient (Wildman–Crippen LogP) is 2.04. The number of piperazine rings is 1. The fourth-order valence-corrected chi connectivity index (χ4v) is 6.67. The van der Waals surface area contributed by atoms with Crippen molar-refractivity contribution in [1.29, 1.82) is 0 Å². The summed E-state index contributed by atoms with van der Waals surface area (Å²) in [6.07, 6.45) is -0.556. The van der Waals surface area contributed by atoms with Crippen molar-refractivity contribution in [2.45, 2.75) is 39.3 Å². The van der Waals surface area contributed by atoms with Crippen LogP contribution in [0.15, 0.2) is 36.4 Å². The molecule has 0 radical (unpaired) electrons. The van der Waals surface area contributed by atoms with E-state index in [1.165, 1.54) is 15.9 Å². The first-order chi connectivity index (χ1) is 24.4. The fraction of sp³-hybridized carbons (Fsp3) is 0.531. The van der Waals surface area contributed by atoms with Crippen LogP contribution in [0.3, 0.4) is 0 Å². The number of methoxy groups -OCH3 is 1. The summed E-state index contributed by atoms with van der Waals surface area (Å²) < 4.78 is 44.7. The molecule has 278 valence electrons. The summed E-state index contributed by atoms with van der Waals surface area (Å²) in [7, 11) is -2.80. The maximum absolute atomic E-state index is 14.1. The quantitative estimate of drug-likeness (QED) is 0.120. The molecule has 1 aromatic heterocycles. The lowest BCUT2D eigenvalue weighted by Crippen LogP contribution is -2.57. The Hall–Kier alpha value is -4.64. The van der Waals surface area contributed by atoms with E-state index in [0.29, 0.717) is 24.5 Å². The molecule has 3 heterocycles. The number of rotatable bonds is 15. The normalized spacial score (nSPS) is 16.7. The molecule has 0 aliphatic carbocycles. The number of hydrogen-bond acceptors (Lipinski definition) is 15. The molecule has 51 heavy (non-hydrogen) atoms. The van der Waals surface area contributed by atoms with Crippen molar-refractivity contribution in [3.8, 4) is 11.4 Å². The van der Waals surface area contributed by atoms with Gasteiger partial charge in [-0.3, -0.25) is 32.8 Å². The van der Waals surface area contributed by atoms with E-state index < -0.39 is 63.2 Å². The van der Waals surface area contributed by atoms with Gasteiger partial charge >= 0.3 is 25.6 Å². The summed E-state index contributed by atoms with van der Waals surface area (Å²) in [6.45, 7) is 4.03. The number of carbonyl (C=O) groups excluding carboxylic acids is 5. The minimum Gasteiger partial charge on any atom is -0.450 e. The van der Waals surface area contributed by atoms with Crippen LogP contribution in [0.5, 0.6) is 0 Å². The van der Waals surface area contributed by atoms with E-state index in [0.717, 1.165) is 20.3 Å². The van der Waals surface area contributed by atoms with Gasteiger partial charge in [0.1, 0.15) is 17.6 Å². The van der Waals surface area contributed by atoms with Crippen molar-refractivity contribution in [1.82, 2.24) is 25.1 Å². The molecule has 4 rings (SSSR count). The lowest BCUT2D eigenvalue weighted by atomic mass is 10.2. The van der Waals surface area contributed by atoms with Gasteiger partial charge in [0.15, 0.2) is 5.82 Å². The Kier molecular flexibility index (Phi) is 14.2. The lowest BCUT2D eigenvalue weighted by molar-refractivity contribution is -0.149. The van der Waals surface area contributed by atoms with Gasteiger partial charge in [0.2, 0.25) is 19.5 Å². The van der Waals surface area contributed by atoms with Gasteiger partial charge in [-0.15, -0.1) is 0 Å². The van der Waals surface area contributed by atoms with Crippen molar-refractivity contribution >= 4 is 43.3 Å². The lowest BCUT2D eigenvalue weighted by Gasteiger charge is -2.36. The molecule has 0 saturated carbocycles. The molecule has 2 unspecified atom stereocenters. The highest BCUT2D eigenvalue weighted by Crippen LogP contribution is 2.49. The van der Waals surface area contributed by atoms with Gasteiger partial charge in [-0.25, -0.2) is 14.8 Å². The molecule has 2 atom stereocenters. The van der Waals surface area contributed by atoms with Gasteiger partial charge in [-0.05, 0) is 13.3 Å².